The quantitative estimate of drug-likeness (QED) is 0.657. The Kier molecular flexibility index (Phi) is 5.90. The Morgan fingerprint density at radius 3 is 2.70 bits per heavy atom. The third-order valence-electron chi connectivity index (χ3n) is 7.28. The molecular formula is C24H31FN6O2. The second-order valence-corrected chi connectivity index (χ2v) is 9.47. The second-order valence-electron chi connectivity index (χ2n) is 9.47. The number of anilines is 1. The van der Waals surface area contributed by atoms with Crippen molar-refractivity contribution >= 4 is 11.9 Å². The first-order valence-electron chi connectivity index (χ1n) is 11.8. The molecule has 1 amide bonds. The number of piperazine rings is 1. The molecular weight excluding hydrogens is 423 g/mol. The van der Waals surface area contributed by atoms with E-state index in [0.717, 1.165) is 63.4 Å². The predicted octanol–water partition coefficient (Wildman–Crippen LogP) is 3.12. The fraction of sp³-hybridized carbons (Fsp3) is 0.583. The van der Waals surface area contributed by atoms with E-state index in [1.165, 1.54) is 12.5 Å². The summed E-state index contributed by atoms with van der Waals surface area (Å²) in [6.07, 6.45) is 5.00. The van der Waals surface area contributed by atoms with Crippen molar-refractivity contribution in [1.82, 2.24) is 24.8 Å². The summed E-state index contributed by atoms with van der Waals surface area (Å²) in [6, 6.07) is 5.54. The van der Waals surface area contributed by atoms with Crippen LogP contribution in [0.25, 0.3) is 11.3 Å². The monoisotopic (exact) mass is 454 g/mol. The molecule has 9 heteroatoms. The number of amides is 1. The zero-order chi connectivity index (χ0) is 23.0. The Balaban J connectivity index is 1.21. The van der Waals surface area contributed by atoms with E-state index in [4.69, 9.17) is 4.74 Å². The number of carbonyl (C=O) groups excluding carboxylic acids is 1. The molecule has 0 unspecified atom stereocenters. The molecule has 0 N–H and O–H groups in total. The van der Waals surface area contributed by atoms with Gasteiger partial charge in [0.1, 0.15) is 11.6 Å². The van der Waals surface area contributed by atoms with E-state index in [1.807, 2.05) is 24.8 Å². The number of rotatable bonds is 4. The summed E-state index contributed by atoms with van der Waals surface area (Å²) in [4.78, 5) is 31.4. The molecule has 2 saturated heterocycles. The molecule has 1 aliphatic carbocycles. The van der Waals surface area contributed by atoms with Gasteiger partial charge >= 0.3 is 6.09 Å². The molecule has 4 heterocycles. The van der Waals surface area contributed by atoms with Crippen LogP contribution in [-0.4, -0.2) is 82.8 Å². The van der Waals surface area contributed by atoms with Gasteiger partial charge in [-0.2, -0.15) is 4.39 Å². The minimum atomic E-state index is -0.476. The van der Waals surface area contributed by atoms with E-state index in [-0.39, 0.29) is 11.5 Å². The highest BCUT2D eigenvalue weighted by Gasteiger charge is 2.51. The lowest BCUT2D eigenvalue weighted by molar-refractivity contribution is -0.00294. The topological polar surface area (TPSA) is 74.7 Å². The zero-order valence-electron chi connectivity index (χ0n) is 19.3. The first kappa shape index (κ1) is 22.0. The predicted molar refractivity (Wildman–Crippen MR) is 122 cm³/mol. The lowest BCUT2D eigenvalue weighted by Gasteiger charge is -2.48. The third kappa shape index (κ3) is 4.38. The zero-order valence-corrected chi connectivity index (χ0v) is 19.3. The number of hydrogen-bond acceptors (Lipinski definition) is 7. The third-order valence-corrected chi connectivity index (χ3v) is 7.28. The number of likely N-dealkylation sites (tertiary alicyclic amines) is 1. The van der Waals surface area contributed by atoms with E-state index >= 15 is 0 Å². The lowest BCUT2D eigenvalue weighted by Crippen LogP contribution is -2.58. The number of halogens is 1. The molecule has 176 valence electrons. The van der Waals surface area contributed by atoms with Gasteiger partial charge < -0.3 is 14.5 Å². The van der Waals surface area contributed by atoms with Gasteiger partial charge in [-0.3, -0.25) is 4.90 Å². The maximum atomic E-state index is 14.1. The van der Waals surface area contributed by atoms with Gasteiger partial charge in [-0.05, 0) is 51.3 Å². The first-order valence-corrected chi connectivity index (χ1v) is 11.8. The minimum absolute atomic E-state index is 0.183. The van der Waals surface area contributed by atoms with Gasteiger partial charge in [0.2, 0.25) is 5.95 Å². The van der Waals surface area contributed by atoms with Crippen molar-refractivity contribution in [3.63, 3.8) is 0 Å². The van der Waals surface area contributed by atoms with Crippen molar-refractivity contribution in [2.75, 3.05) is 50.8 Å². The summed E-state index contributed by atoms with van der Waals surface area (Å²) in [5.74, 6) is 0.857. The average molecular weight is 455 g/mol. The Morgan fingerprint density at radius 2 is 1.97 bits per heavy atom. The average Bonchev–Trinajstić information content (AvgIpc) is 3.24. The SMILES string of the molecule is CCOC(=O)N1CC2(CC[C@@H](N3CCN(c4nc(F)ccc4-c4ccnc(C)n4)CC3)C2)C1. The minimum Gasteiger partial charge on any atom is -0.450 e. The number of pyridine rings is 1. The fourth-order valence-electron chi connectivity index (χ4n) is 5.65. The summed E-state index contributed by atoms with van der Waals surface area (Å²) in [5, 5.41) is 0. The number of carbonyl (C=O) groups is 1. The number of ether oxygens (including phenoxy) is 1. The van der Waals surface area contributed by atoms with E-state index in [9.17, 15) is 9.18 Å². The Hall–Kier alpha value is -2.81. The van der Waals surface area contributed by atoms with E-state index in [0.29, 0.717) is 24.3 Å². The maximum Gasteiger partial charge on any atom is 0.409 e. The number of hydrogen-bond donors (Lipinski definition) is 0. The van der Waals surface area contributed by atoms with E-state index in [2.05, 4.69) is 24.8 Å². The molecule has 0 bridgehead atoms. The molecule has 0 aromatic carbocycles. The fourth-order valence-corrected chi connectivity index (χ4v) is 5.65. The number of aromatic nitrogens is 3. The molecule has 2 aromatic heterocycles. The summed E-state index contributed by atoms with van der Waals surface area (Å²) < 4.78 is 19.2. The summed E-state index contributed by atoms with van der Waals surface area (Å²) in [5.41, 5.74) is 1.86. The summed E-state index contributed by atoms with van der Waals surface area (Å²) in [7, 11) is 0. The van der Waals surface area contributed by atoms with Crippen molar-refractivity contribution in [1.29, 1.82) is 0 Å². The van der Waals surface area contributed by atoms with Crippen molar-refractivity contribution in [2.24, 2.45) is 5.41 Å². The van der Waals surface area contributed by atoms with Crippen LogP contribution in [0.5, 0.6) is 0 Å². The normalized spacial score (nSPS) is 22.5. The van der Waals surface area contributed by atoms with Crippen molar-refractivity contribution in [3.8, 4) is 11.3 Å². The van der Waals surface area contributed by atoms with Gasteiger partial charge in [0.15, 0.2) is 0 Å². The molecule has 2 aromatic rings. The van der Waals surface area contributed by atoms with Crippen molar-refractivity contribution < 1.29 is 13.9 Å². The second kappa shape index (κ2) is 8.85. The molecule has 8 nitrogen and oxygen atoms in total. The maximum absolute atomic E-state index is 14.1. The van der Waals surface area contributed by atoms with Crippen LogP contribution in [0.1, 0.15) is 32.0 Å². The van der Waals surface area contributed by atoms with Gasteiger partial charge in [-0.25, -0.2) is 19.7 Å². The summed E-state index contributed by atoms with van der Waals surface area (Å²) in [6.45, 7) is 9.18. The van der Waals surface area contributed by atoms with Crippen molar-refractivity contribution in [3.05, 3.63) is 36.2 Å². The first-order chi connectivity index (χ1) is 16.0. The Labute approximate surface area is 193 Å². The van der Waals surface area contributed by atoms with E-state index < -0.39 is 5.95 Å². The van der Waals surface area contributed by atoms with Gasteiger partial charge in [-0.1, -0.05) is 0 Å². The van der Waals surface area contributed by atoms with Crippen LogP contribution in [-0.2, 0) is 4.74 Å². The number of aryl methyl sites for hydroxylation is 1. The van der Waals surface area contributed by atoms with Gasteiger partial charge in [-0.15, -0.1) is 0 Å². The highest BCUT2D eigenvalue weighted by molar-refractivity contribution is 5.73. The van der Waals surface area contributed by atoms with Crippen LogP contribution in [0.3, 0.4) is 0 Å². The van der Waals surface area contributed by atoms with Crippen LogP contribution in [0, 0.1) is 18.3 Å². The molecule has 33 heavy (non-hydrogen) atoms. The molecule has 1 saturated carbocycles. The molecule has 1 atom stereocenters. The lowest BCUT2D eigenvalue weighted by atomic mass is 9.78. The van der Waals surface area contributed by atoms with Gasteiger partial charge in [0.05, 0.1) is 12.3 Å². The molecule has 2 aliphatic heterocycles. The van der Waals surface area contributed by atoms with E-state index in [1.54, 1.807) is 12.3 Å². The van der Waals surface area contributed by atoms with Crippen LogP contribution >= 0.6 is 0 Å². The van der Waals surface area contributed by atoms with Crippen LogP contribution in [0.4, 0.5) is 15.0 Å². The molecule has 3 fully saturated rings. The molecule has 1 spiro atoms. The highest BCUT2D eigenvalue weighted by Crippen LogP contribution is 2.47. The highest BCUT2D eigenvalue weighted by atomic mass is 19.1. The summed E-state index contributed by atoms with van der Waals surface area (Å²) >= 11 is 0. The smallest absolute Gasteiger partial charge is 0.409 e. The largest absolute Gasteiger partial charge is 0.450 e. The van der Waals surface area contributed by atoms with Crippen LogP contribution in [0.2, 0.25) is 0 Å². The van der Waals surface area contributed by atoms with Gasteiger partial charge in [0.25, 0.3) is 0 Å². The molecule has 3 aliphatic rings. The molecule has 0 radical (unpaired) electrons. The standard InChI is InChI=1S/C24H31FN6O2/c1-3-33-23(32)31-15-24(16-31)8-6-18(14-24)29-10-12-30(13-11-29)22-19(4-5-21(25)28-22)20-7-9-26-17(2)27-20/h4-5,7,9,18H,3,6,8,10-16H2,1-2H3/t18-/m1/s1. The Bertz CT molecular complexity index is 1020. The van der Waals surface area contributed by atoms with Crippen LogP contribution < -0.4 is 4.90 Å². The van der Waals surface area contributed by atoms with Crippen molar-refractivity contribution in [2.45, 2.75) is 39.2 Å². The number of nitrogens with zero attached hydrogens (tertiary/aromatic N) is 6. The van der Waals surface area contributed by atoms with Gasteiger partial charge in [0, 0.05) is 62.5 Å². The van der Waals surface area contributed by atoms with Crippen LogP contribution in [0.15, 0.2) is 24.4 Å². The Morgan fingerprint density at radius 1 is 1.18 bits per heavy atom. The molecule has 5 rings (SSSR count).